The Morgan fingerprint density at radius 2 is 1.97 bits per heavy atom. The molecule has 1 aliphatic rings. The zero-order valence-corrected chi connectivity index (χ0v) is 17.9. The van der Waals surface area contributed by atoms with Crippen molar-refractivity contribution in [3.63, 3.8) is 0 Å². The topological polar surface area (TPSA) is 78.1 Å². The van der Waals surface area contributed by atoms with Gasteiger partial charge in [-0.05, 0) is 48.6 Å². The molecule has 0 radical (unpaired) electrons. The van der Waals surface area contributed by atoms with Gasteiger partial charge in [0.1, 0.15) is 5.82 Å². The molecule has 2 aromatic carbocycles. The number of thioether (sulfide) groups is 1. The number of amides is 2. The third-order valence-electron chi connectivity index (χ3n) is 5.37. The van der Waals surface area contributed by atoms with E-state index in [1.807, 2.05) is 48.7 Å². The molecule has 2 amide bonds. The van der Waals surface area contributed by atoms with Crippen molar-refractivity contribution in [3.8, 4) is 0 Å². The molecule has 0 unspecified atom stereocenters. The van der Waals surface area contributed by atoms with E-state index in [0.717, 1.165) is 21.8 Å². The summed E-state index contributed by atoms with van der Waals surface area (Å²) in [5.74, 6) is 0.667. The molecule has 4 rings (SSSR count). The van der Waals surface area contributed by atoms with Gasteiger partial charge in [-0.1, -0.05) is 24.3 Å². The Kier molecular flexibility index (Phi) is 5.90. The van der Waals surface area contributed by atoms with Gasteiger partial charge in [-0.25, -0.2) is 9.78 Å². The Labute approximate surface area is 179 Å². The first kappa shape index (κ1) is 20.2. The molecule has 0 fully saturated rings. The number of fused-ring (bicyclic) bond motifs is 1. The number of nitrogens with one attached hydrogen (secondary N) is 2. The van der Waals surface area contributed by atoms with Gasteiger partial charge in [0.25, 0.3) is 5.56 Å². The van der Waals surface area contributed by atoms with E-state index in [9.17, 15) is 9.59 Å². The summed E-state index contributed by atoms with van der Waals surface area (Å²) >= 11 is 1.65. The van der Waals surface area contributed by atoms with E-state index in [1.165, 1.54) is 5.56 Å². The maximum absolute atomic E-state index is 12.7. The van der Waals surface area contributed by atoms with Crippen LogP contribution < -0.4 is 10.9 Å². The van der Waals surface area contributed by atoms with E-state index in [-0.39, 0.29) is 18.1 Å². The van der Waals surface area contributed by atoms with Crippen LogP contribution in [0.25, 0.3) is 0 Å². The molecule has 30 heavy (non-hydrogen) atoms. The van der Waals surface area contributed by atoms with Crippen molar-refractivity contribution in [1.82, 2.24) is 14.9 Å². The average molecular weight is 421 g/mol. The first-order valence-electron chi connectivity index (χ1n) is 9.89. The molecule has 154 valence electrons. The molecule has 0 saturated heterocycles. The number of urea groups is 1. The van der Waals surface area contributed by atoms with Crippen LogP contribution in [0.4, 0.5) is 10.5 Å². The Bertz CT molecular complexity index is 1120. The average Bonchev–Trinajstić information content (AvgIpc) is 2.76. The van der Waals surface area contributed by atoms with Crippen molar-refractivity contribution in [2.45, 2.75) is 31.2 Å². The highest BCUT2D eigenvalue weighted by Gasteiger charge is 2.24. The van der Waals surface area contributed by atoms with Crippen molar-refractivity contribution in [2.75, 3.05) is 18.1 Å². The van der Waals surface area contributed by atoms with Crippen LogP contribution in [0.5, 0.6) is 0 Å². The second-order valence-corrected chi connectivity index (χ2v) is 8.25. The fourth-order valence-corrected chi connectivity index (χ4v) is 4.01. The number of carbonyl (C=O) groups excluding carboxylic acids is 1. The van der Waals surface area contributed by atoms with Crippen LogP contribution in [0.15, 0.2) is 58.2 Å². The SMILES string of the molecule is CSc1ccc(NC(=O)N2CCc3nc(Cc4ccccc4C)[nH]c(=O)c3C2)cc1. The van der Waals surface area contributed by atoms with Crippen LogP contribution >= 0.6 is 11.8 Å². The number of aryl methyl sites for hydroxylation is 1. The van der Waals surface area contributed by atoms with Gasteiger partial charge in [-0.2, -0.15) is 0 Å². The molecular weight excluding hydrogens is 396 g/mol. The molecule has 0 aliphatic carbocycles. The molecule has 2 N–H and O–H groups in total. The second kappa shape index (κ2) is 8.75. The number of aromatic nitrogens is 2. The van der Waals surface area contributed by atoms with Gasteiger partial charge < -0.3 is 15.2 Å². The summed E-state index contributed by atoms with van der Waals surface area (Å²) in [6, 6.07) is 15.6. The molecule has 1 aromatic heterocycles. The Balaban J connectivity index is 1.47. The number of rotatable bonds is 4. The number of anilines is 1. The number of hydrogen-bond donors (Lipinski definition) is 2. The van der Waals surface area contributed by atoms with E-state index in [2.05, 4.69) is 23.3 Å². The molecule has 2 heterocycles. The quantitative estimate of drug-likeness (QED) is 0.626. The zero-order chi connectivity index (χ0) is 21.1. The highest BCUT2D eigenvalue weighted by atomic mass is 32.2. The van der Waals surface area contributed by atoms with Crippen molar-refractivity contribution in [3.05, 3.63) is 87.1 Å². The minimum Gasteiger partial charge on any atom is -0.320 e. The predicted molar refractivity (Wildman–Crippen MR) is 120 cm³/mol. The maximum Gasteiger partial charge on any atom is 0.322 e. The fourth-order valence-electron chi connectivity index (χ4n) is 3.60. The molecule has 1 aliphatic heterocycles. The smallest absolute Gasteiger partial charge is 0.320 e. The third kappa shape index (κ3) is 4.41. The molecule has 3 aromatic rings. The number of carbonyl (C=O) groups is 1. The van der Waals surface area contributed by atoms with Gasteiger partial charge in [0.15, 0.2) is 0 Å². The summed E-state index contributed by atoms with van der Waals surface area (Å²) in [4.78, 5) is 35.8. The molecule has 0 atom stereocenters. The Morgan fingerprint density at radius 1 is 1.20 bits per heavy atom. The number of H-pyrrole nitrogens is 1. The normalized spacial score (nSPS) is 13.1. The number of hydrogen-bond acceptors (Lipinski definition) is 4. The first-order valence-corrected chi connectivity index (χ1v) is 11.1. The minimum absolute atomic E-state index is 0.162. The Hall–Kier alpha value is -3.06. The lowest BCUT2D eigenvalue weighted by Gasteiger charge is -2.28. The molecule has 0 spiro atoms. The van der Waals surface area contributed by atoms with E-state index in [0.29, 0.717) is 30.8 Å². The van der Waals surface area contributed by atoms with Crippen molar-refractivity contribution >= 4 is 23.5 Å². The van der Waals surface area contributed by atoms with Crippen LogP contribution in [-0.4, -0.2) is 33.7 Å². The van der Waals surface area contributed by atoms with Crippen LogP contribution in [0.3, 0.4) is 0 Å². The zero-order valence-electron chi connectivity index (χ0n) is 17.1. The first-order chi connectivity index (χ1) is 14.5. The largest absolute Gasteiger partial charge is 0.322 e. The molecule has 7 heteroatoms. The van der Waals surface area contributed by atoms with Crippen molar-refractivity contribution in [1.29, 1.82) is 0 Å². The number of nitrogens with zero attached hydrogens (tertiary/aromatic N) is 2. The third-order valence-corrected chi connectivity index (χ3v) is 6.11. The van der Waals surface area contributed by atoms with E-state index >= 15 is 0 Å². The van der Waals surface area contributed by atoms with Crippen molar-refractivity contribution in [2.24, 2.45) is 0 Å². The van der Waals surface area contributed by atoms with E-state index in [1.54, 1.807) is 16.7 Å². The van der Waals surface area contributed by atoms with Gasteiger partial charge >= 0.3 is 6.03 Å². The number of benzene rings is 2. The molecular formula is C23H24N4O2S. The molecule has 0 saturated carbocycles. The molecule has 6 nitrogen and oxygen atoms in total. The minimum atomic E-state index is -0.207. The lowest BCUT2D eigenvalue weighted by molar-refractivity contribution is 0.205. The van der Waals surface area contributed by atoms with Crippen LogP contribution in [-0.2, 0) is 19.4 Å². The highest BCUT2D eigenvalue weighted by Crippen LogP contribution is 2.20. The Morgan fingerprint density at radius 3 is 2.70 bits per heavy atom. The van der Waals surface area contributed by atoms with E-state index in [4.69, 9.17) is 4.98 Å². The van der Waals surface area contributed by atoms with Crippen LogP contribution in [0, 0.1) is 6.92 Å². The summed E-state index contributed by atoms with van der Waals surface area (Å²) in [6.07, 6.45) is 3.17. The van der Waals surface area contributed by atoms with Gasteiger partial charge in [0.05, 0.1) is 17.8 Å². The van der Waals surface area contributed by atoms with E-state index < -0.39 is 0 Å². The summed E-state index contributed by atoms with van der Waals surface area (Å²) in [6.45, 7) is 2.84. The fraction of sp³-hybridized carbons (Fsp3) is 0.261. The standard InChI is InChI=1S/C23H24N4O2S/c1-15-5-3-4-6-16(15)13-21-25-20-11-12-27(14-19(20)22(28)26-21)23(29)24-17-7-9-18(30-2)10-8-17/h3-10H,11-14H2,1-2H3,(H,24,29)(H,25,26,28). The van der Waals surface area contributed by atoms with Crippen LogP contribution in [0.1, 0.15) is 28.2 Å². The lowest BCUT2D eigenvalue weighted by Crippen LogP contribution is -2.42. The van der Waals surface area contributed by atoms with Gasteiger partial charge in [-0.15, -0.1) is 11.8 Å². The number of aromatic amines is 1. The van der Waals surface area contributed by atoms with Crippen molar-refractivity contribution < 1.29 is 4.79 Å². The second-order valence-electron chi connectivity index (χ2n) is 7.37. The maximum atomic E-state index is 12.7. The van der Waals surface area contributed by atoms with Gasteiger partial charge in [-0.3, -0.25) is 4.79 Å². The summed E-state index contributed by atoms with van der Waals surface area (Å²) in [7, 11) is 0. The predicted octanol–water partition coefficient (Wildman–Crippen LogP) is 3.98. The summed E-state index contributed by atoms with van der Waals surface area (Å²) in [5.41, 5.74) is 4.25. The molecule has 0 bridgehead atoms. The summed E-state index contributed by atoms with van der Waals surface area (Å²) < 4.78 is 0. The van der Waals surface area contributed by atoms with Gasteiger partial charge in [0, 0.05) is 30.0 Å². The lowest BCUT2D eigenvalue weighted by atomic mass is 10.0. The van der Waals surface area contributed by atoms with Gasteiger partial charge in [0.2, 0.25) is 0 Å². The highest BCUT2D eigenvalue weighted by molar-refractivity contribution is 7.98. The monoisotopic (exact) mass is 420 g/mol. The van der Waals surface area contributed by atoms with Crippen LogP contribution in [0.2, 0.25) is 0 Å². The summed E-state index contributed by atoms with van der Waals surface area (Å²) in [5, 5.41) is 2.91.